The first kappa shape index (κ1) is 72.1. The first-order valence-electron chi connectivity index (χ1n) is 32.1. The molecule has 0 heterocycles. The summed E-state index contributed by atoms with van der Waals surface area (Å²) in [6.45, 7) is 3.89. The molecule has 1 saturated carbocycles. The van der Waals surface area contributed by atoms with Gasteiger partial charge in [0.05, 0.1) is 18.8 Å². The predicted octanol–water partition coefficient (Wildman–Crippen LogP) is 15.5. The van der Waals surface area contributed by atoms with Crippen LogP contribution >= 0.6 is 7.82 Å². The third-order valence-electron chi connectivity index (χ3n) is 15.8. The summed E-state index contributed by atoms with van der Waals surface area (Å²) in [7, 11) is -5.08. The zero-order valence-corrected chi connectivity index (χ0v) is 49.5. The maximum atomic E-state index is 13.1. The highest BCUT2D eigenvalue weighted by molar-refractivity contribution is 7.47. The third-order valence-corrected chi connectivity index (χ3v) is 16.8. The molecular weight excluding hydrogens is 966 g/mol. The molecule has 0 spiro atoms. The fraction of sp³-hybridized carbons (Fsp3) is 0.952. The van der Waals surface area contributed by atoms with Crippen molar-refractivity contribution in [1.29, 1.82) is 0 Å². The highest BCUT2D eigenvalue weighted by Gasteiger charge is 2.51. The summed E-state index contributed by atoms with van der Waals surface area (Å²) < 4.78 is 23.1. The smallest absolute Gasteiger partial charge is 0.387 e. The second-order valence-corrected chi connectivity index (χ2v) is 24.4. The van der Waals surface area contributed by atoms with Crippen LogP contribution in [0.4, 0.5) is 0 Å². The van der Waals surface area contributed by atoms with Crippen molar-refractivity contribution >= 4 is 13.7 Å². The van der Waals surface area contributed by atoms with E-state index >= 15 is 0 Å². The van der Waals surface area contributed by atoms with Crippen molar-refractivity contribution in [2.45, 2.75) is 371 Å². The highest BCUT2D eigenvalue weighted by Crippen LogP contribution is 2.47. The molecule has 0 radical (unpaired) electrons. The number of amides is 1. The van der Waals surface area contributed by atoms with Crippen molar-refractivity contribution in [2.24, 2.45) is 0 Å². The van der Waals surface area contributed by atoms with E-state index in [0.717, 1.165) is 44.9 Å². The summed E-state index contributed by atoms with van der Waals surface area (Å²) in [4.78, 5) is 23.6. The largest absolute Gasteiger partial charge is 0.472 e. The number of hydrogen-bond donors (Lipinski definition) is 8. The van der Waals surface area contributed by atoms with Gasteiger partial charge in [-0.15, -0.1) is 0 Å². The van der Waals surface area contributed by atoms with Crippen LogP contribution in [0.25, 0.3) is 0 Å². The number of rotatable bonds is 56. The van der Waals surface area contributed by atoms with E-state index in [0.29, 0.717) is 6.42 Å². The van der Waals surface area contributed by atoms with Crippen LogP contribution in [0.5, 0.6) is 0 Å². The lowest BCUT2D eigenvalue weighted by molar-refractivity contribution is -0.220. The van der Waals surface area contributed by atoms with E-state index in [1.54, 1.807) is 6.08 Å². The van der Waals surface area contributed by atoms with Crippen molar-refractivity contribution in [3.05, 3.63) is 12.2 Å². The summed E-state index contributed by atoms with van der Waals surface area (Å²) >= 11 is 0. The number of phosphoric acid groups is 1. The zero-order valence-electron chi connectivity index (χ0n) is 48.6. The fourth-order valence-corrected chi connectivity index (χ4v) is 11.6. The van der Waals surface area contributed by atoms with E-state index in [1.165, 1.54) is 250 Å². The summed E-state index contributed by atoms with van der Waals surface area (Å²) in [6.07, 6.45) is 51.8. The molecule has 12 nitrogen and oxygen atoms in total. The molecule has 9 atom stereocenters. The Bertz CT molecular complexity index is 1310. The molecule has 446 valence electrons. The van der Waals surface area contributed by atoms with Gasteiger partial charge in [-0.1, -0.05) is 309 Å². The Morgan fingerprint density at radius 2 is 0.707 bits per heavy atom. The summed E-state index contributed by atoms with van der Waals surface area (Å²) in [6, 6.07) is -1.11. The number of aliphatic hydroxyl groups excluding tert-OH is 6. The minimum atomic E-state index is -5.08. The zero-order chi connectivity index (χ0) is 54.9. The molecule has 1 fully saturated rings. The molecule has 0 aromatic rings. The maximum absolute atomic E-state index is 13.1. The van der Waals surface area contributed by atoms with Crippen molar-refractivity contribution in [1.82, 2.24) is 5.32 Å². The van der Waals surface area contributed by atoms with Crippen LogP contribution in [-0.2, 0) is 18.4 Å². The van der Waals surface area contributed by atoms with Gasteiger partial charge in [0.2, 0.25) is 5.91 Å². The monoisotopic (exact) mass is 1090 g/mol. The lowest BCUT2D eigenvalue weighted by Gasteiger charge is -2.41. The van der Waals surface area contributed by atoms with E-state index in [-0.39, 0.29) is 12.3 Å². The van der Waals surface area contributed by atoms with Crippen LogP contribution in [0.1, 0.15) is 322 Å². The van der Waals surface area contributed by atoms with Crippen LogP contribution < -0.4 is 5.32 Å². The van der Waals surface area contributed by atoms with Crippen LogP contribution in [0.15, 0.2) is 12.2 Å². The van der Waals surface area contributed by atoms with Crippen LogP contribution in [0.2, 0.25) is 0 Å². The summed E-state index contributed by atoms with van der Waals surface area (Å²) in [5, 5.41) is 64.3. The van der Waals surface area contributed by atoms with Gasteiger partial charge in [-0.25, -0.2) is 4.57 Å². The van der Waals surface area contributed by atoms with E-state index in [1.807, 2.05) is 6.08 Å². The molecule has 1 aliphatic carbocycles. The van der Waals surface area contributed by atoms with E-state index < -0.39 is 63.2 Å². The van der Waals surface area contributed by atoms with Gasteiger partial charge in [-0.3, -0.25) is 13.8 Å². The standard InChI is InChI=1S/C62H122NO11P/c1-3-5-7-9-11-13-15-17-19-20-21-22-23-24-25-26-27-28-29-30-31-32-33-34-35-36-37-38-40-42-44-46-48-50-52-56(65)63-54(53-73-75(71,72)74-62-60(69)58(67)57(66)59(68)61(62)70)55(64)51-49-47-45-43-41-39-18-16-14-12-10-8-6-4-2/h49,51,54-55,57-62,64,66-70H,3-48,50,52-53H2,1-2H3,(H,63,65)(H,71,72)/b51-49+/t54-,55+,57?,58+,59?,60?,61?,62?/m0/s1. The molecule has 0 aliphatic heterocycles. The number of hydrogen-bond acceptors (Lipinski definition) is 10. The van der Waals surface area contributed by atoms with Gasteiger partial charge in [-0.05, 0) is 19.3 Å². The molecule has 6 unspecified atom stereocenters. The molecular formula is C62H122NO11P. The third kappa shape index (κ3) is 41.7. The SMILES string of the molecule is CCCCCCCCCCCCCC/C=C/[C@@H](O)[C@H](COP(=O)(O)OC1C(O)C(O)C(O)[C@@H](O)C1O)NC(=O)CCCCCCCCCCCCCCCCCCCCCCCCCCCCCCCCCCCC. The number of phosphoric ester groups is 1. The molecule has 0 aromatic heterocycles. The van der Waals surface area contributed by atoms with Gasteiger partial charge in [0, 0.05) is 6.42 Å². The molecule has 1 aliphatic rings. The van der Waals surface area contributed by atoms with E-state index in [4.69, 9.17) is 9.05 Å². The minimum absolute atomic E-state index is 0.219. The average molecular weight is 1090 g/mol. The quantitative estimate of drug-likeness (QED) is 0.0163. The second kappa shape index (κ2) is 51.2. The Kier molecular flexibility index (Phi) is 49.3. The van der Waals surface area contributed by atoms with Crippen molar-refractivity contribution in [3.63, 3.8) is 0 Å². The normalized spacial score (nSPS) is 20.7. The summed E-state index contributed by atoms with van der Waals surface area (Å²) in [5.74, 6) is -0.333. The number of aliphatic hydroxyl groups is 6. The van der Waals surface area contributed by atoms with E-state index in [9.17, 15) is 44.9 Å². The van der Waals surface area contributed by atoms with Gasteiger partial charge in [-0.2, -0.15) is 0 Å². The molecule has 75 heavy (non-hydrogen) atoms. The Balaban J connectivity index is 2.17. The van der Waals surface area contributed by atoms with Gasteiger partial charge < -0.3 is 40.8 Å². The molecule has 0 aromatic carbocycles. The molecule has 8 N–H and O–H groups in total. The van der Waals surface area contributed by atoms with Crippen molar-refractivity contribution < 1.29 is 53.9 Å². The topological polar surface area (TPSA) is 206 Å². The van der Waals surface area contributed by atoms with Gasteiger partial charge in [0.25, 0.3) is 0 Å². The Morgan fingerprint density at radius 3 is 1.01 bits per heavy atom. The minimum Gasteiger partial charge on any atom is -0.387 e. The fourth-order valence-electron chi connectivity index (χ4n) is 10.7. The van der Waals surface area contributed by atoms with E-state index in [2.05, 4.69) is 19.2 Å². The molecule has 13 heteroatoms. The van der Waals surface area contributed by atoms with Gasteiger partial charge >= 0.3 is 7.82 Å². The second-order valence-electron chi connectivity index (χ2n) is 23.0. The Labute approximate surface area is 460 Å². The molecule has 1 rings (SSSR count). The van der Waals surface area contributed by atoms with Crippen LogP contribution in [-0.4, -0.2) is 96.8 Å². The number of allylic oxidation sites excluding steroid dienone is 1. The number of carbonyl (C=O) groups is 1. The van der Waals surface area contributed by atoms with Crippen LogP contribution in [0, 0.1) is 0 Å². The lowest BCUT2D eigenvalue weighted by atomic mass is 9.85. The first-order chi connectivity index (χ1) is 36.4. The highest BCUT2D eigenvalue weighted by atomic mass is 31.2. The van der Waals surface area contributed by atoms with Gasteiger partial charge in [0.15, 0.2) is 0 Å². The molecule has 0 saturated heterocycles. The number of carbonyl (C=O) groups excluding carboxylic acids is 1. The number of nitrogens with one attached hydrogen (secondary N) is 1. The molecule has 1 amide bonds. The van der Waals surface area contributed by atoms with Crippen molar-refractivity contribution in [3.8, 4) is 0 Å². The Hall–Kier alpha value is -0.920. The number of unbranched alkanes of at least 4 members (excludes halogenated alkanes) is 45. The van der Waals surface area contributed by atoms with Gasteiger partial charge in [0.1, 0.15) is 36.6 Å². The maximum Gasteiger partial charge on any atom is 0.472 e. The van der Waals surface area contributed by atoms with Crippen LogP contribution in [0.3, 0.4) is 0 Å². The summed E-state index contributed by atoms with van der Waals surface area (Å²) in [5.41, 5.74) is 0. The Morgan fingerprint density at radius 1 is 0.440 bits per heavy atom. The average Bonchev–Trinajstić information content (AvgIpc) is 3.40. The molecule has 0 bridgehead atoms. The predicted molar refractivity (Wildman–Crippen MR) is 311 cm³/mol. The lowest BCUT2D eigenvalue weighted by Crippen LogP contribution is -2.64. The first-order valence-corrected chi connectivity index (χ1v) is 33.6. The van der Waals surface area contributed by atoms with Crippen molar-refractivity contribution in [2.75, 3.05) is 6.61 Å².